The molecule has 0 radical (unpaired) electrons. The lowest BCUT2D eigenvalue weighted by atomic mass is 10.00. The van der Waals surface area contributed by atoms with E-state index >= 15 is 4.39 Å². The Hall–Kier alpha value is -4.47. The molecule has 0 aliphatic carbocycles. The summed E-state index contributed by atoms with van der Waals surface area (Å²) in [5.74, 6) is 0.400. The lowest BCUT2D eigenvalue weighted by Gasteiger charge is -2.36. The van der Waals surface area contributed by atoms with E-state index in [1.165, 1.54) is 13.2 Å². The number of ether oxygens (including phenoxy) is 1. The number of aromatic nitrogens is 2. The normalized spacial score (nSPS) is 17.5. The van der Waals surface area contributed by atoms with Crippen LogP contribution in [0.5, 0.6) is 5.75 Å². The number of halogens is 2. The Labute approximate surface area is 247 Å². The van der Waals surface area contributed by atoms with Gasteiger partial charge in [-0.1, -0.05) is 17.7 Å². The van der Waals surface area contributed by atoms with E-state index in [-0.39, 0.29) is 18.0 Å². The van der Waals surface area contributed by atoms with Crippen LogP contribution in [0.2, 0.25) is 5.02 Å². The molecule has 4 aromatic rings. The molecule has 1 aromatic heterocycles. The molecule has 10 heteroatoms. The zero-order valence-electron chi connectivity index (χ0n) is 23.4. The molecular formula is C32H30ClFN6O2. The van der Waals surface area contributed by atoms with E-state index in [9.17, 15) is 4.79 Å². The molecule has 3 N–H and O–H groups in total. The van der Waals surface area contributed by atoms with Crippen LogP contribution in [0.25, 0.3) is 23.4 Å². The molecule has 0 saturated carbocycles. The number of hydrogen-bond acceptors (Lipinski definition) is 7. The van der Waals surface area contributed by atoms with Crippen molar-refractivity contribution in [1.29, 1.82) is 0 Å². The topological polar surface area (TPSA) is 91.4 Å². The maximum Gasteiger partial charge on any atom is 0.253 e. The van der Waals surface area contributed by atoms with Gasteiger partial charge < -0.3 is 25.6 Å². The van der Waals surface area contributed by atoms with Gasteiger partial charge in [-0.2, -0.15) is 0 Å². The minimum absolute atomic E-state index is 0.0182. The van der Waals surface area contributed by atoms with Crippen molar-refractivity contribution in [3.63, 3.8) is 0 Å². The lowest BCUT2D eigenvalue weighted by molar-refractivity contribution is 0.0674. The van der Waals surface area contributed by atoms with Crippen molar-refractivity contribution in [2.24, 2.45) is 0 Å². The van der Waals surface area contributed by atoms with Crippen molar-refractivity contribution in [2.75, 3.05) is 30.8 Å². The Morgan fingerprint density at radius 2 is 1.88 bits per heavy atom. The summed E-state index contributed by atoms with van der Waals surface area (Å²) in [4.78, 5) is 24.1. The van der Waals surface area contributed by atoms with Crippen molar-refractivity contribution in [3.05, 3.63) is 93.3 Å². The van der Waals surface area contributed by atoms with Crippen molar-refractivity contribution < 1.29 is 13.9 Å². The molecule has 8 nitrogen and oxygen atoms in total. The first-order valence-electron chi connectivity index (χ1n) is 13.7. The highest BCUT2D eigenvalue weighted by atomic mass is 35.5. The van der Waals surface area contributed by atoms with Crippen LogP contribution in [-0.4, -0.2) is 53.1 Å². The monoisotopic (exact) mass is 584 g/mol. The molecule has 6 rings (SSSR count). The zero-order valence-corrected chi connectivity index (χ0v) is 24.2. The summed E-state index contributed by atoms with van der Waals surface area (Å²) in [5.41, 5.74) is 3.61. The summed E-state index contributed by atoms with van der Waals surface area (Å²) in [6.07, 6.45) is 5.36. The second kappa shape index (κ2) is 11.4. The SMILES string of the molecule is COc1cccc(F)c1-c1cc(Cl)cc2c1=CNc1cnc(Nc3ccc(C(=O)N4CC(C)NC(C)C4)cc3)nc1C=2. The number of carbonyl (C=O) groups excluding carboxylic acids is 1. The minimum Gasteiger partial charge on any atom is -0.496 e. The predicted molar refractivity (Wildman–Crippen MR) is 164 cm³/mol. The fraction of sp³-hybridized carbons (Fsp3) is 0.219. The number of hydrogen-bond donors (Lipinski definition) is 3. The molecule has 0 bridgehead atoms. The van der Waals surface area contributed by atoms with Crippen LogP contribution in [0.3, 0.4) is 0 Å². The third-order valence-corrected chi connectivity index (χ3v) is 7.57. The summed E-state index contributed by atoms with van der Waals surface area (Å²) in [6, 6.07) is 16.1. The maximum absolute atomic E-state index is 15.0. The molecule has 2 unspecified atom stereocenters. The van der Waals surface area contributed by atoms with Crippen LogP contribution in [-0.2, 0) is 0 Å². The summed E-state index contributed by atoms with van der Waals surface area (Å²) >= 11 is 6.50. The second-order valence-corrected chi connectivity index (χ2v) is 11.0. The van der Waals surface area contributed by atoms with Gasteiger partial charge in [-0.3, -0.25) is 4.79 Å². The number of benzene rings is 3. The summed E-state index contributed by atoms with van der Waals surface area (Å²) in [5, 5.41) is 11.9. The molecule has 1 fully saturated rings. The van der Waals surface area contributed by atoms with Gasteiger partial charge in [-0.05, 0) is 79.2 Å². The van der Waals surface area contributed by atoms with Gasteiger partial charge in [0.05, 0.1) is 30.3 Å². The third kappa shape index (κ3) is 5.53. The fourth-order valence-corrected chi connectivity index (χ4v) is 5.76. The van der Waals surface area contributed by atoms with E-state index in [1.54, 1.807) is 30.6 Å². The summed E-state index contributed by atoms with van der Waals surface area (Å²) in [6.45, 7) is 5.53. The van der Waals surface area contributed by atoms with E-state index in [1.807, 2.05) is 41.3 Å². The van der Waals surface area contributed by atoms with Gasteiger partial charge in [0.1, 0.15) is 11.6 Å². The number of nitrogens with one attached hydrogen (secondary N) is 3. The fourth-order valence-electron chi connectivity index (χ4n) is 5.54. The van der Waals surface area contributed by atoms with Gasteiger partial charge >= 0.3 is 0 Å². The zero-order chi connectivity index (χ0) is 29.4. The van der Waals surface area contributed by atoms with Crippen LogP contribution < -0.4 is 31.1 Å². The Balaban J connectivity index is 1.28. The number of nitrogens with zero attached hydrogens (tertiary/aromatic N) is 3. The molecule has 214 valence electrons. The van der Waals surface area contributed by atoms with Gasteiger partial charge in [0, 0.05) is 52.9 Å². The number of carbonyl (C=O) groups is 1. The van der Waals surface area contributed by atoms with Crippen LogP contribution in [0, 0.1) is 5.82 Å². The highest BCUT2D eigenvalue weighted by molar-refractivity contribution is 6.30. The molecular weight excluding hydrogens is 555 g/mol. The molecule has 3 heterocycles. The van der Waals surface area contributed by atoms with Crippen molar-refractivity contribution in [1.82, 2.24) is 20.2 Å². The molecule has 1 saturated heterocycles. The Kier molecular flexibility index (Phi) is 7.53. The van der Waals surface area contributed by atoms with Gasteiger partial charge in [0.15, 0.2) is 0 Å². The van der Waals surface area contributed by atoms with Gasteiger partial charge in [0.25, 0.3) is 5.91 Å². The van der Waals surface area contributed by atoms with E-state index in [2.05, 4.69) is 34.8 Å². The molecule has 42 heavy (non-hydrogen) atoms. The summed E-state index contributed by atoms with van der Waals surface area (Å²) in [7, 11) is 1.51. The Bertz CT molecular complexity index is 1790. The predicted octanol–water partition coefficient (Wildman–Crippen LogP) is 4.50. The van der Waals surface area contributed by atoms with Crippen molar-refractivity contribution in [2.45, 2.75) is 25.9 Å². The van der Waals surface area contributed by atoms with Crippen molar-refractivity contribution >= 4 is 47.1 Å². The van der Waals surface area contributed by atoms with Crippen LogP contribution in [0.4, 0.5) is 21.7 Å². The van der Waals surface area contributed by atoms with E-state index < -0.39 is 5.82 Å². The number of methoxy groups -OCH3 is 1. The lowest BCUT2D eigenvalue weighted by Crippen LogP contribution is -2.55. The first kappa shape index (κ1) is 27.7. The summed E-state index contributed by atoms with van der Waals surface area (Å²) < 4.78 is 20.5. The Morgan fingerprint density at radius 3 is 2.62 bits per heavy atom. The van der Waals surface area contributed by atoms with Crippen molar-refractivity contribution in [3.8, 4) is 16.9 Å². The quantitative estimate of drug-likeness (QED) is 0.318. The smallest absolute Gasteiger partial charge is 0.253 e. The van der Waals surface area contributed by atoms with Gasteiger partial charge in [-0.25, -0.2) is 14.4 Å². The highest BCUT2D eigenvalue weighted by Crippen LogP contribution is 2.31. The molecule has 2 atom stereocenters. The Morgan fingerprint density at radius 1 is 1.12 bits per heavy atom. The average Bonchev–Trinajstić information content (AvgIpc) is 3.15. The molecule has 1 amide bonds. The highest BCUT2D eigenvalue weighted by Gasteiger charge is 2.25. The molecule has 0 spiro atoms. The first-order chi connectivity index (χ1) is 20.3. The van der Waals surface area contributed by atoms with Gasteiger partial charge in [0.2, 0.25) is 5.95 Å². The average molecular weight is 585 g/mol. The van der Waals surface area contributed by atoms with E-state index in [0.29, 0.717) is 57.9 Å². The molecule has 2 aliphatic heterocycles. The van der Waals surface area contributed by atoms with Gasteiger partial charge in [-0.15, -0.1) is 0 Å². The van der Waals surface area contributed by atoms with E-state index in [0.717, 1.165) is 16.1 Å². The number of rotatable bonds is 5. The number of anilines is 3. The van der Waals surface area contributed by atoms with Crippen LogP contribution in [0.15, 0.2) is 60.8 Å². The minimum atomic E-state index is -0.412. The van der Waals surface area contributed by atoms with Crippen LogP contribution in [0.1, 0.15) is 29.9 Å². The van der Waals surface area contributed by atoms with E-state index in [4.69, 9.17) is 21.3 Å². The standard InChI is InChI=1S/C32H30ClFN6O2/c1-18-16-40(17-19(2)37-18)31(41)20-7-9-23(10-8-20)38-32-36-15-28-27(39-32)12-21-11-22(33)13-24(25(21)14-35-28)30-26(34)5-4-6-29(30)42-3/h4-15,18-19,35,37H,16-17H2,1-3H3,(H,36,38,39). The second-order valence-electron chi connectivity index (χ2n) is 10.6. The number of piperazine rings is 1. The first-order valence-corrected chi connectivity index (χ1v) is 14.1. The number of amides is 1. The van der Waals surface area contributed by atoms with Crippen LogP contribution >= 0.6 is 11.6 Å². The number of fused-ring (bicyclic) bond motifs is 2. The molecule has 2 aliphatic rings. The largest absolute Gasteiger partial charge is 0.496 e. The third-order valence-electron chi connectivity index (χ3n) is 7.36. The maximum atomic E-state index is 15.0. The molecule has 3 aromatic carbocycles.